The second kappa shape index (κ2) is 7.85. The number of hydrogen-bond donors (Lipinski definition) is 1. The molecule has 4 rings (SSSR count). The van der Waals surface area contributed by atoms with Gasteiger partial charge in [0, 0.05) is 0 Å². The Bertz CT molecular complexity index is 1200. The van der Waals surface area contributed by atoms with Gasteiger partial charge in [-0.3, -0.25) is 10.1 Å². The van der Waals surface area contributed by atoms with E-state index in [4.69, 9.17) is 16.3 Å². The normalized spacial score (nSPS) is 11.0. The predicted molar refractivity (Wildman–Crippen MR) is 116 cm³/mol. The van der Waals surface area contributed by atoms with E-state index >= 15 is 0 Å². The van der Waals surface area contributed by atoms with Gasteiger partial charge in [0.1, 0.15) is 10.9 Å². The van der Waals surface area contributed by atoms with Gasteiger partial charge >= 0.3 is 0 Å². The van der Waals surface area contributed by atoms with Crippen molar-refractivity contribution in [3.05, 3.63) is 70.0 Å². The number of fused-ring (bicyclic) bond motifs is 1. The van der Waals surface area contributed by atoms with Crippen LogP contribution in [-0.4, -0.2) is 27.8 Å². The first-order chi connectivity index (χ1) is 13.9. The number of carbonyl (C=O) groups excluding carboxylic acids is 1. The van der Waals surface area contributed by atoms with Crippen LogP contribution in [0, 0.1) is 13.8 Å². The number of thiazole rings is 1. The van der Waals surface area contributed by atoms with Crippen molar-refractivity contribution >= 4 is 44.2 Å². The smallest absolute Gasteiger partial charge is 0.262 e. The number of aromatic nitrogens is 3. The summed E-state index contributed by atoms with van der Waals surface area (Å²) in [5, 5.41) is 8.10. The Morgan fingerprint density at radius 2 is 1.97 bits per heavy atom. The first kappa shape index (κ1) is 19.4. The topological polar surface area (TPSA) is 69.0 Å². The monoisotopic (exact) mass is 426 g/mol. The van der Waals surface area contributed by atoms with Crippen LogP contribution >= 0.6 is 22.9 Å². The molecule has 0 saturated carbocycles. The van der Waals surface area contributed by atoms with Crippen molar-refractivity contribution in [2.75, 3.05) is 12.4 Å². The van der Waals surface area contributed by atoms with Crippen molar-refractivity contribution in [2.24, 2.45) is 0 Å². The average Bonchev–Trinajstić information content (AvgIpc) is 3.22. The number of carbonyl (C=O) groups is 1. The molecular weight excluding hydrogens is 408 g/mol. The van der Waals surface area contributed by atoms with Crippen LogP contribution in [-0.2, 0) is 6.54 Å². The van der Waals surface area contributed by atoms with E-state index < -0.39 is 0 Å². The van der Waals surface area contributed by atoms with Gasteiger partial charge in [-0.2, -0.15) is 5.10 Å². The number of hydrogen-bond acceptors (Lipinski definition) is 5. The standard InChI is InChI=1S/C21H19ClN4O2S/c1-12-4-6-14(7-5-12)11-26-19(22)18(13(2)25-26)20(27)24-21-23-16-9-8-15(28-3)10-17(16)29-21/h4-10H,11H2,1-3H3,(H,23,24,27). The molecule has 4 aromatic rings. The maximum absolute atomic E-state index is 12.9. The van der Waals surface area contributed by atoms with Gasteiger partial charge in [0.15, 0.2) is 5.13 Å². The molecule has 148 valence electrons. The number of rotatable bonds is 5. The molecule has 0 fully saturated rings. The number of nitrogens with zero attached hydrogens (tertiary/aromatic N) is 3. The average molecular weight is 427 g/mol. The van der Waals surface area contributed by atoms with Crippen molar-refractivity contribution in [1.82, 2.24) is 14.8 Å². The maximum atomic E-state index is 12.9. The molecule has 2 aromatic carbocycles. The molecule has 1 amide bonds. The van der Waals surface area contributed by atoms with Gasteiger partial charge in [-0.05, 0) is 37.6 Å². The first-order valence-electron chi connectivity index (χ1n) is 8.99. The van der Waals surface area contributed by atoms with E-state index in [9.17, 15) is 4.79 Å². The van der Waals surface area contributed by atoms with E-state index in [-0.39, 0.29) is 5.91 Å². The summed E-state index contributed by atoms with van der Waals surface area (Å²) in [7, 11) is 1.62. The summed E-state index contributed by atoms with van der Waals surface area (Å²) in [4.78, 5) is 17.3. The quantitative estimate of drug-likeness (QED) is 0.483. The Kier molecular flexibility index (Phi) is 5.25. The van der Waals surface area contributed by atoms with Crippen LogP contribution in [0.1, 0.15) is 27.2 Å². The third-order valence-electron chi connectivity index (χ3n) is 4.56. The number of halogens is 1. The highest BCUT2D eigenvalue weighted by molar-refractivity contribution is 7.22. The minimum absolute atomic E-state index is 0.309. The van der Waals surface area contributed by atoms with Gasteiger partial charge in [0.25, 0.3) is 5.91 Å². The van der Waals surface area contributed by atoms with Gasteiger partial charge in [-0.25, -0.2) is 9.67 Å². The molecule has 29 heavy (non-hydrogen) atoms. The van der Waals surface area contributed by atoms with Crippen LogP contribution in [0.4, 0.5) is 5.13 Å². The highest BCUT2D eigenvalue weighted by atomic mass is 35.5. The van der Waals surface area contributed by atoms with Crippen LogP contribution < -0.4 is 10.1 Å². The number of amides is 1. The second-order valence-electron chi connectivity index (χ2n) is 6.70. The Labute approximate surface area is 177 Å². The van der Waals surface area contributed by atoms with Gasteiger partial charge in [0.2, 0.25) is 0 Å². The van der Waals surface area contributed by atoms with Crippen LogP contribution in [0.5, 0.6) is 5.75 Å². The summed E-state index contributed by atoms with van der Waals surface area (Å²) in [6.07, 6.45) is 0. The molecule has 0 bridgehead atoms. The lowest BCUT2D eigenvalue weighted by molar-refractivity contribution is 0.102. The fourth-order valence-electron chi connectivity index (χ4n) is 3.03. The fraction of sp³-hybridized carbons (Fsp3) is 0.190. The zero-order valence-electron chi connectivity index (χ0n) is 16.2. The van der Waals surface area contributed by atoms with Gasteiger partial charge < -0.3 is 4.74 Å². The van der Waals surface area contributed by atoms with Gasteiger partial charge in [0.05, 0.1) is 35.1 Å². The Morgan fingerprint density at radius 1 is 1.21 bits per heavy atom. The van der Waals surface area contributed by atoms with Crippen molar-refractivity contribution in [1.29, 1.82) is 0 Å². The summed E-state index contributed by atoms with van der Waals surface area (Å²) >= 11 is 7.88. The molecule has 0 radical (unpaired) electrons. The van der Waals surface area contributed by atoms with Crippen molar-refractivity contribution in [2.45, 2.75) is 20.4 Å². The summed E-state index contributed by atoms with van der Waals surface area (Å²) in [5.74, 6) is 0.420. The third kappa shape index (κ3) is 3.97. The highest BCUT2D eigenvalue weighted by Gasteiger charge is 2.21. The van der Waals surface area contributed by atoms with Gasteiger partial charge in [-0.15, -0.1) is 0 Å². The minimum atomic E-state index is -0.325. The largest absolute Gasteiger partial charge is 0.497 e. The molecule has 1 N–H and O–H groups in total. The van der Waals surface area contributed by atoms with E-state index in [1.54, 1.807) is 18.7 Å². The summed E-state index contributed by atoms with van der Waals surface area (Å²) in [6.45, 7) is 4.30. The number of methoxy groups -OCH3 is 1. The predicted octanol–water partition coefficient (Wildman–Crippen LogP) is 5.07. The van der Waals surface area contributed by atoms with Crippen LogP contribution in [0.2, 0.25) is 5.15 Å². The van der Waals surface area contributed by atoms with Crippen LogP contribution in [0.15, 0.2) is 42.5 Å². The number of anilines is 1. The SMILES string of the molecule is COc1ccc2nc(NC(=O)c3c(C)nn(Cc4ccc(C)cc4)c3Cl)sc2c1. The number of benzene rings is 2. The number of nitrogens with one attached hydrogen (secondary N) is 1. The van der Waals surface area contributed by atoms with Crippen LogP contribution in [0.3, 0.4) is 0 Å². The maximum Gasteiger partial charge on any atom is 0.262 e. The molecular formula is C21H19ClN4O2S. The lowest BCUT2D eigenvalue weighted by atomic mass is 10.1. The van der Waals surface area contributed by atoms with Crippen molar-refractivity contribution in [3.8, 4) is 5.75 Å². The lowest BCUT2D eigenvalue weighted by Gasteiger charge is -2.05. The Morgan fingerprint density at radius 3 is 2.69 bits per heavy atom. The molecule has 2 aromatic heterocycles. The molecule has 0 aliphatic heterocycles. The molecule has 0 saturated heterocycles. The zero-order valence-corrected chi connectivity index (χ0v) is 17.8. The van der Waals surface area contributed by atoms with Crippen molar-refractivity contribution in [3.63, 3.8) is 0 Å². The molecule has 0 atom stereocenters. The number of aryl methyl sites for hydroxylation is 2. The third-order valence-corrected chi connectivity index (χ3v) is 5.88. The fourth-order valence-corrected chi connectivity index (χ4v) is 4.24. The molecule has 0 aliphatic carbocycles. The zero-order chi connectivity index (χ0) is 20.5. The van der Waals surface area contributed by atoms with E-state index in [2.05, 4.69) is 15.4 Å². The molecule has 8 heteroatoms. The second-order valence-corrected chi connectivity index (χ2v) is 8.09. The molecule has 2 heterocycles. The number of ether oxygens (including phenoxy) is 1. The Hall–Kier alpha value is -2.90. The first-order valence-corrected chi connectivity index (χ1v) is 10.2. The minimum Gasteiger partial charge on any atom is -0.497 e. The summed E-state index contributed by atoms with van der Waals surface area (Å²) in [6, 6.07) is 13.7. The highest BCUT2D eigenvalue weighted by Crippen LogP contribution is 2.30. The molecule has 0 unspecified atom stereocenters. The summed E-state index contributed by atoms with van der Waals surface area (Å²) in [5.41, 5.74) is 3.97. The van der Waals surface area contributed by atoms with Crippen LogP contribution in [0.25, 0.3) is 10.2 Å². The van der Waals surface area contributed by atoms with E-state index in [1.807, 2.05) is 49.4 Å². The van der Waals surface area contributed by atoms with Crippen molar-refractivity contribution < 1.29 is 9.53 Å². The lowest BCUT2D eigenvalue weighted by Crippen LogP contribution is -2.13. The van der Waals surface area contributed by atoms with E-state index in [1.165, 1.54) is 16.9 Å². The summed E-state index contributed by atoms with van der Waals surface area (Å²) < 4.78 is 7.80. The molecule has 0 aliphatic rings. The van der Waals surface area contributed by atoms with E-state index in [0.29, 0.717) is 28.1 Å². The Balaban J connectivity index is 1.57. The molecule has 0 spiro atoms. The van der Waals surface area contributed by atoms with Gasteiger partial charge in [-0.1, -0.05) is 52.8 Å². The van der Waals surface area contributed by atoms with E-state index in [0.717, 1.165) is 21.5 Å². The molecule has 6 nitrogen and oxygen atoms in total.